The highest BCUT2D eigenvalue weighted by Crippen LogP contribution is 2.21. The first kappa shape index (κ1) is 12.5. The van der Waals surface area contributed by atoms with Crippen molar-refractivity contribution >= 4 is 28.4 Å². The van der Waals surface area contributed by atoms with E-state index in [1.54, 1.807) is 20.8 Å². The standard InChI is InChI=1S/C10H13NO4S/c1-10(2,3)15-9(14)11-7-4-6(5-16-7)8(12)13/h4-5H,1-3H3,(H,11,14)(H,12,13). The van der Waals surface area contributed by atoms with Crippen molar-refractivity contribution in [3.63, 3.8) is 0 Å². The molecule has 0 aliphatic carbocycles. The minimum Gasteiger partial charge on any atom is -0.478 e. The predicted molar refractivity (Wildman–Crippen MR) is 61.1 cm³/mol. The van der Waals surface area contributed by atoms with Crippen molar-refractivity contribution in [2.75, 3.05) is 5.32 Å². The molecule has 0 saturated heterocycles. The van der Waals surface area contributed by atoms with Crippen molar-refractivity contribution in [1.29, 1.82) is 0 Å². The summed E-state index contributed by atoms with van der Waals surface area (Å²) in [6, 6.07) is 1.39. The molecule has 0 saturated carbocycles. The molecule has 0 aromatic carbocycles. The van der Waals surface area contributed by atoms with E-state index in [0.717, 1.165) is 11.3 Å². The fourth-order valence-electron chi connectivity index (χ4n) is 0.918. The van der Waals surface area contributed by atoms with Crippen LogP contribution in [0.3, 0.4) is 0 Å². The van der Waals surface area contributed by atoms with Gasteiger partial charge in [-0.15, -0.1) is 11.3 Å². The Hall–Kier alpha value is -1.56. The Bertz CT molecular complexity index is 405. The van der Waals surface area contributed by atoms with Gasteiger partial charge in [0.05, 0.1) is 10.6 Å². The SMILES string of the molecule is CC(C)(C)OC(=O)Nc1cc(C(=O)O)cs1. The smallest absolute Gasteiger partial charge is 0.412 e. The summed E-state index contributed by atoms with van der Waals surface area (Å²) in [7, 11) is 0. The number of ether oxygens (including phenoxy) is 1. The molecule has 2 N–H and O–H groups in total. The lowest BCUT2D eigenvalue weighted by atomic mass is 10.2. The first-order valence-corrected chi connectivity index (χ1v) is 5.48. The molecule has 1 heterocycles. The summed E-state index contributed by atoms with van der Waals surface area (Å²) in [5, 5.41) is 13.1. The predicted octanol–water partition coefficient (Wildman–Crippen LogP) is 2.79. The number of aromatic carboxylic acids is 1. The normalized spacial score (nSPS) is 10.9. The Morgan fingerprint density at radius 3 is 2.50 bits per heavy atom. The quantitative estimate of drug-likeness (QED) is 0.837. The van der Waals surface area contributed by atoms with E-state index in [9.17, 15) is 9.59 Å². The number of carbonyl (C=O) groups excluding carboxylic acids is 1. The number of nitrogens with one attached hydrogen (secondary N) is 1. The van der Waals surface area contributed by atoms with Gasteiger partial charge in [0.1, 0.15) is 5.60 Å². The Morgan fingerprint density at radius 1 is 1.44 bits per heavy atom. The van der Waals surface area contributed by atoms with Crippen LogP contribution in [0.15, 0.2) is 11.4 Å². The van der Waals surface area contributed by atoms with Gasteiger partial charge in [-0.3, -0.25) is 5.32 Å². The van der Waals surface area contributed by atoms with Crippen LogP contribution < -0.4 is 5.32 Å². The molecule has 16 heavy (non-hydrogen) atoms. The minimum atomic E-state index is -1.02. The minimum absolute atomic E-state index is 0.149. The third-order valence-electron chi connectivity index (χ3n) is 1.47. The zero-order chi connectivity index (χ0) is 12.3. The third kappa shape index (κ3) is 3.90. The average Bonchev–Trinajstić information content (AvgIpc) is 2.48. The molecule has 0 atom stereocenters. The molecule has 1 amide bonds. The van der Waals surface area contributed by atoms with Crippen LogP contribution in [0.5, 0.6) is 0 Å². The van der Waals surface area contributed by atoms with E-state index in [4.69, 9.17) is 9.84 Å². The van der Waals surface area contributed by atoms with E-state index < -0.39 is 17.7 Å². The van der Waals surface area contributed by atoms with Gasteiger partial charge >= 0.3 is 12.1 Å². The Kier molecular flexibility index (Phi) is 3.54. The topological polar surface area (TPSA) is 75.6 Å². The molecule has 0 unspecified atom stereocenters. The number of thiophene rings is 1. The zero-order valence-corrected chi connectivity index (χ0v) is 10.1. The molecule has 1 aromatic heterocycles. The molecule has 0 fully saturated rings. The van der Waals surface area contributed by atoms with Gasteiger partial charge in [-0.2, -0.15) is 0 Å². The van der Waals surface area contributed by atoms with Crippen LogP contribution in [0.1, 0.15) is 31.1 Å². The van der Waals surface area contributed by atoms with E-state index in [0.29, 0.717) is 5.00 Å². The number of carboxylic acids is 1. The number of anilines is 1. The van der Waals surface area contributed by atoms with Crippen LogP contribution in [0, 0.1) is 0 Å². The highest BCUT2D eigenvalue weighted by atomic mass is 32.1. The summed E-state index contributed by atoms with van der Waals surface area (Å²) in [6.07, 6.45) is -0.591. The van der Waals surface area contributed by atoms with Crippen molar-refractivity contribution in [3.8, 4) is 0 Å². The van der Waals surface area contributed by atoms with Crippen LogP contribution in [-0.2, 0) is 4.74 Å². The maximum Gasteiger partial charge on any atom is 0.412 e. The van der Waals surface area contributed by atoms with Crippen molar-refractivity contribution in [2.45, 2.75) is 26.4 Å². The molecule has 0 aliphatic heterocycles. The van der Waals surface area contributed by atoms with E-state index >= 15 is 0 Å². The van der Waals surface area contributed by atoms with Crippen LogP contribution in [-0.4, -0.2) is 22.8 Å². The van der Waals surface area contributed by atoms with Gasteiger partial charge in [-0.25, -0.2) is 9.59 Å². The molecule has 0 aliphatic rings. The molecule has 88 valence electrons. The van der Waals surface area contributed by atoms with Crippen LogP contribution in [0.2, 0.25) is 0 Å². The first-order chi connectivity index (χ1) is 7.28. The molecular weight excluding hydrogens is 230 g/mol. The number of carboxylic acid groups (broad SMARTS) is 1. The maximum atomic E-state index is 11.3. The first-order valence-electron chi connectivity index (χ1n) is 4.60. The van der Waals surface area contributed by atoms with Crippen molar-refractivity contribution in [3.05, 3.63) is 17.0 Å². The number of rotatable bonds is 2. The molecule has 6 heteroatoms. The second-order valence-corrected chi connectivity index (χ2v) is 5.04. The number of carbonyl (C=O) groups is 2. The highest BCUT2D eigenvalue weighted by Gasteiger charge is 2.17. The Morgan fingerprint density at radius 2 is 2.06 bits per heavy atom. The van der Waals surface area contributed by atoms with Crippen molar-refractivity contribution in [1.82, 2.24) is 0 Å². The third-order valence-corrected chi connectivity index (χ3v) is 2.32. The summed E-state index contributed by atoms with van der Waals surface area (Å²) in [6.45, 7) is 5.26. The molecule has 0 radical (unpaired) electrons. The van der Waals surface area contributed by atoms with Crippen LogP contribution in [0.4, 0.5) is 9.80 Å². The largest absolute Gasteiger partial charge is 0.478 e. The number of hydrogen-bond donors (Lipinski definition) is 2. The van der Waals surface area contributed by atoms with Gasteiger partial charge in [-0.05, 0) is 26.8 Å². The molecule has 1 rings (SSSR count). The molecule has 0 spiro atoms. The van der Waals surface area contributed by atoms with Crippen LogP contribution in [0.25, 0.3) is 0 Å². The lowest BCUT2D eigenvalue weighted by molar-refractivity contribution is 0.0633. The second kappa shape index (κ2) is 4.52. The van der Waals surface area contributed by atoms with Gasteiger partial charge in [0.2, 0.25) is 0 Å². The molecule has 1 aromatic rings. The molecule has 5 nitrogen and oxygen atoms in total. The fourth-order valence-corrected chi connectivity index (χ4v) is 1.68. The van der Waals surface area contributed by atoms with Gasteiger partial charge in [0, 0.05) is 5.38 Å². The summed E-state index contributed by atoms with van der Waals surface area (Å²) < 4.78 is 5.02. The highest BCUT2D eigenvalue weighted by molar-refractivity contribution is 7.14. The van der Waals surface area contributed by atoms with E-state index in [2.05, 4.69) is 5.32 Å². The van der Waals surface area contributed by atoms with Gasteiger partial charge in [0.15, 0.2) is 0 Å². The van der Waals surface area contributed by atoms with E-state index in [-0.39, 0.29) is 5.56 Å². The second-order valence-electron chi connectivity index (χ2n) is 4.13. The summed E-state index contributed by atoms with van der Waals surface area (Å²) in [4.78, 5) is 21.9. The number of amides is 1. The van der Waals surface area contributed by atoms with Gasteiger partial charge in [-0.1, -0.05) is 0 Å². The maximum absolute atomic E-state index is 11.3. The van der Waals surface area contributed by atoms with Crippen LogP contribution >= 0.6 is 11.3 Å². The lowest BCUT2D eigenvalue weighted by Crippen LogP contribution is -2.26. The van der Waals surface area contributed by atoms with Gasteiger partial charge in [0.25, 0.3) is 0 Å². The summed E-state index contributed by atoms with van der Waals surface area (Å²) in [5.74, 6) is -1.02. The fraction of sp³-hybridized carbons (Fsp3) is 0.400. The summed E-state index contributed by atoms with van der Waals surface area (Å²) >= 11 is 1.14. The summed E-state index contributed by atoms with van der Waals surface area (Å²) in [5.41, 5.74) is -0.423. The van der Waals surface area contributed by atoms with Crippen molar-refractivity contribution in [2.24, 2.45) is 0 Å². The van der Waals surface area contributed by atoms with E-state index in [1.165, 1.54) is 11.4 Å². The molecule has 0 bridgehead atoms. The monoisotopic (exact) mass is 243 g/mol. The zero-order valence-electron chi connectivity index (χ0n) is 9.23. The Balaban J connectivity index is 2.60. The van der Waals surface area contributed by atoms with Crippen molar-refractivity contribution < 1.29 is 19.4 Å². The lowest BCUT2D eigenvalue weighted by Gasteiger charge is -2.19. The van der Waals surface area contributed by atoms with Gasteiger partial charge < -0.3 is 9.84 Å². The Labute approximate surface area is 97.0 Å². The molecular formula is C10H13NO4S. The number of hydrogen-bond acceptors (Lipinski definition) is 4. The average molecular weight is 243 g/mol. The van der Waals surface area contributed by atoms with E-state index in [1.807, 2.05) is 0 Å².